The minimum Gasteiger partial charge on any atom is -0.466 e. The molecule has 0 unspecified atom stereocenters. The Morgan fingerprint density at radius 3 is 2.00 bits per heavy atom. The fraction of sp³-hybridized carbons (Fsp3) is 0.833. The number of urea groups is 1. The van der Waals surface area contributed by atoms with Gasteiger partial charge in [0.1, 0.15) is 5.82 Å². The standard InChI is InChI=1S/C24H45N5O3S/c1-3-5-6-7-8-9-10-11-12-13-14-15-16-17-20-25-23(31)27-28-24-26-21(29-33-24)18-19-22(30)32-4-2/h3-20H2,1-2H3,(H2,25,27,31)(H,26,28,29). The molecular weight excluding hydrogens is 438 g/mol. The van der Waals surface area contributed by atoms with E-state index in [-0.39, 0.29) is 18.4 Å². The molecule has 8 nitrogen and oxygen atoms in total. The number of hydrazine groups is 1. The van der Waals surface area contributed by atoms with Crippen LogP contribution in [0.3, 0.4) is 0 Å². The van der Waals surface area contributed by atoms with Crippen LogP contribution in [0.1, 0.15) is 116 Å². The molecule has 0 bridgehead atoms. The minimum atomic E-state index is -0.284. The van der Waals surface area contributed by atoms with Crippen molar-refractivity contribution in [2.24, 2.45) is 0 Å². The summed E-state index contributed by atoms with van der Waals surface area (Å²) < 4.78 is 9.04. The average Bonchev–Trinajstić information content (AvgIpc) is 3.27. The van der Waals surface area contributed by atoms with E-state index in [4.69, 9.17) is 4.74 Å². The molecule has 190 valence electrons. The highest BCUT2D eigenvalue weighted by Gasteiger charge is 2.08. The first kappa shape index (κ1) is 29.1. The topological polar surface area (TPSA) is 105 Å². The van der Waals surface area contributed by atoms with Gasteiger partial charge in [-0.05, 0) is 13.3 Å². The van der Waals surface area contributed by atoms with Crippen LogP contribution in [-0.2, 0) is 16.0 Å². The van der Waals surface area contributed by atoms with Crippen molar-refractivity contribution < 1.29 is 14.3 Å². The quantitative estimate of drug-likeness (QED) is 0.110. The number of anilines is 1. The fourth-order valence-corrected chi connectivity index (χ4v) is 4.10. The van der Waals surface area contributed by atoms with Crippen molar-refractivity contribution >= 4 is 28.7 Å². The number of unbranched alkanes of at least 4 members (excludes halogenated alkanes) is 13. The van der Waals surface area contributed by atoms with Gasteiger partial charge in [-0.3, -0.25) is 10.2 Å². The zero-order valence-electron chi connectivity index (χ0n) is 20.8. The summed E-state index contributed by atoms with van der Waals surface area (Å²) in [5, 5.41) is 3.33. The highest BCUT2D eigenvalue weighted by Crippen LogP contribution is 2.13. The zero-order chi connectivity index (χ0) is 24.0. The van der Waals surface area contributed by atoms with E-state index in [0.29, 0.717) is 30.5 Å². The molecule has 0 atom stereocenters. The number of amides is 2. The van der Waals surface area contributed by atoms with Gasteiger partial charge in [0.15, 0.2) is 0 Å². The van der Waals surface area contributed by atoms with Gasteiger partial charge in [-0.15, -0.1) is 0 Å². The smallest absolute Gasteiger partial charge is 0.333 e. The first-order valence-electron chi connectivity index (χ1n) is 12.9. The molecule has 0 saturated carbocycles. The summed E-state index contributed by atoms with van der Waals surface area (Å²) >= 11 is 1.14. The Morgan fingerprint density at radius 2 is 1.42 bits per heavy atom. The lowest BCUT2D eigenvalue weighted by Gasteiger charge is -2.07. The number of carbonyl (C=O) groups excluding carboxylic acids is 2. The van der Waals surface area contributed by atoms with Crippen molar-refractivity contribution in [1.29, 1.82) is 0 Å². The van der Waals surface area contributed by atoms with Gasteiger partial charge in [0.2, 0.25) is 5.13 Å². The van der Waals surface area contributed by atoms with E-state index in [1.807, 2.05) is 0 Å². The molecular formula is C24H45N5O3S. The maximum Gasteiger partial charge on any atom is 0.333 e. The van der Waals surface area contributed by atoms with Crippen LogP contribution in [-0.4, -0.2) is 34.5 Å². The van der Waals surface area contributed by atoms with E-state index in [2.05, 4.69) is 32.4 Å². The van der Waals surface area contributed by atoms with Crippen molar-refractivity contribution in [1.82, 2.24) is 20.1 Å². The first-order chi connectivity index (χ1) is 16.2. The van der Waals surface area contributed by atoms with Crippen LogP contribution >= 0.6 is 11.5 Å². The van der Waals surface area contributed by atoms with E-state index in [1.54, 1.807) is 6.92 Å². The monoisotopic (exact) mass is 483 g/mol. The SMILES string of the molecule is CCCCCCCCCCCCCCCCNC(=O)NNc1nc(CCC(=O)OCC)ns1. The second-order valence-electron chi connectivity index (χ2n) is 8.42. The predicted molar refractivity (Wildman–Crippen MR) is 135 cm³/mol. The van der Waals surface area contributed by atoms with Crippen molar-refractivity contribution in [2.75, 3.05) is 18.6 Å². The number of rotatable bonds is 21. The van der Waals surface area contributed by atoms with Crippen molar-refractivity contribution in [2.45, 2.75) is 117 Å². The number of hydrogen-bond acceptors (Lipinski definition) is 7. The molecule has 0 aromatic carbocycles. The lowest BCUT2D eigenvalue weighted by molar-refractivity contribution is -0.143. The molecule has 1 aromatic heterocycles. The van der Waals surface area contributed by atoms with Gasteiger partial charge in [-0.1, -0.05) is 90.4 Å². The molecule has 0 aliphatic rings. The minimum absolute atomic E-state index is 0.247. The highest BCUT2D eigenvalue weighted by molar-refractivity contribution is 7.09. The Hall–Kier alpha value is -1.90. The average molecular weight is 484 g/mol. The third-order valence-electron chi connectivity index (χ3n) is 5.42. The molecule has 0 fully saturated rings. The molecule has 0 aliphatic heterocycles. The van der Waals surface area contributed by atoms with Gasteiger partial charge in [0, 0.05) is 24.5 Å². The molecule has 0 aliphatic carbocycles. The second kappa shape index (κ2) is 20.7. The number of esters is 1. The van der Waals surface area contributed by atoms with Crippen LogP contribution < -0.4 is 16.2 Å². The van der Waals surface area contributed by atoms with Gasteiger partial charge in [0.25, 0.3) is 0 Å². The number of aryl methyl sites for hydroxylation is 1. The van der Waals surface area contributed by atoms with Crippen molar-refractivity contribution in [3.63, 3.8) is 0 Å². The molecule has 0 radical (unpaired) electrons. The van der Waals surface area contributed by atoms with Gasteiger partial charge >= 0.3 is 12.0 Å². The number of carbonyl (C=O) groups is 2. The maximum atomic E-state index is 11.9. The number of aromatic nitrogens is 2. The van der Waals surface area contributed by atoms with Crippen molar-refractivity contribution in [3.05, 3.63) is 5.82 Å². The summed E-state index contributed by atoms with van der Waals surface area (Å²) in [5.74, 6) is 0.294. The Bertz CT molecular complexity index is 627. The van der Waals surface area contributed by atoms with Crippen LogP contribution in [0.15, 0.2) is 0 Å². The van der Waals surface area contributed by atoms with E-state index in [9.17, 15) is 9.59 Å². The third kappa shape index (κ3) is 17.3. The molecule has 1 rings (SSSR count). The third-order valence-corrected chi connectivity index (χ3v) is 6.09. The van der Waals surface area contributed by atoms with Gasteiger partial charge in [-0.2, -0.15) is 4.37 Å². The van der Waals surface area contributed by atoms with Crippen LogP contribution in [0.2, 0.25) is 0 Å². The molecule has 1 heterocycles. The number of hydrogen-bond donors (Lipinski definition) is 3. The van der Waals surface area contributed by atoms with Crippen LogP contribution in [0, 0.1) is 0 Å². The van der Waals surface area contributed by atoms with Crippen LogP contribution in [0.25, 0.3) is 0 Å². The Labute approximate surface area is 204 Å². The lowest BCUT2D eigenvalue weighted by atomic mass is 10.0. The molecule has 0 spiro atoms. The Morgan fingerprint density at radius 1 is 0.848 bits per heavy atom. The van der Waals surface area contributed by atoms with E-state index >= 15 is 0 Å². The largest absolute Gasteiger partial charge is 0.466 e. The number of nitrogens with one attached hydrogen (secondary N) is 3. The van der Waals surface area contributed by atoms with E-state index < -0.39 is 0 Å². The second-order valence-corrected chi connectivity index (χ2v) is 9.17. The Kier molecular flexibility index (Phi) is 18.3. The molecule has 0 saturated heterocycles. The van der Waals surface area contributed by atoms with Gasteiger partial charge < -0.3 is 10.1 Å². The maximum absolute atomic E-state index is 11.9. The summed E-state index contributed by atoms with van der Waals surface area (Å²) in [6, 6.07) is -0.284. The molecule has 1 aromatic rings. The molecule has 9 heteroatoms. The van der Waals surface area contributed by atoms with Crippen LogP contribution in [0.5, 0.6) is 0 Å². The van der Waals surface area contributed by atoms with Crippen LogP contribution in [0.4, 0.5) is 9.93 Å². The summed E-state index contributed by atoms with van der Waals surface area (Å²) in [4.78, 5) is 27.5. The lowest BCUT2D eigenvalue weighted by Crippen LogP contribution is -2.39. The summed E-state index contributed by atoms with van der Waals surface area (Å²) in [6.45, 7) is 5.07. The van der Waals surface area contributed by atoms with Gasteiger partial charge in [-0.25, -0.2) is 15.2 Å². The Balaban J connectivity index is 1.89. The predicted octanol–water partition coefficient (Wildman–Crippen LogP) is 6.14. The molecule has 3 N–H and O–H groups in total. The summed E-state index contributed by atoms with van der Waals surface area (Å²) in [6.07, 6.45) is 19.1. The van der Waals surface area contributed by atoms with E-state index in [0.717, 1.165) is 24.4 Å². The van der Waals surface area contributed by atoms with Gasteiger partial charge in [0.05, 0.1) is 13.0 Å². The normalized spacial score (nSPS) is 10.7. The van der Waals surface area contributed by atoms with Crippen molar-refractivity contribution in [3.8, 4) is 0 Å². The molecule has 2 amide bonds. The highest BCUT2D eigenvalue weighted by atomic mass is 32.1. The summed E-state index contributed by atoms with van der Waals surface area (Å²) in [5.41, 5.74) is 5.31. The fourth-order valence-electron chi connectivity index (χ4n) is 3.53. The molecule has 33 heavy (non-hydrogen) atoms. The number of nitrogens with zero attached hydrogens (tertiary/aromatic N) is 2. The summed E-state index contributed by atoms with van der Waals surface area (Å²) in [7, 11) is 0. The zero-order valence-corrected chi connectivity index (χ0v) is 21.6. The first-order valence-corrected chi connectivity index (χ1v) is 13.7. The number of ether oxygens (including phenoxy) is 1. The van der Waals surface area contributed by atoms with E-state index in [1.165, 1.54) is 77.0 Å².